The fourth-order valence-corrected chi connectivity index (χ4v) is 3.31. The number of nitrogens with one attached hydrogen (secondary N) is 2. The summed E-state index contributed by atoms with van der Waals surface area (Å²) in [6.45, 7) is 0.815. The Morgan fingerprint density at radius 1 is 1.25 bits per heavy atom. The van der Waals surface area contributed by atoms with Crippen LogP contribution >= 0.6 is 0 Å². The third-order valence-electron chi connectivity index (χ3n) is 3.78. The molecule has 5 nitrogen and oxygen atoms in total. The maximum Gasteiger partial charge on any atom is 0.240 e. The topological polar surface area (TPSA) is 78.4 Å². The monoisotopic (exact) mass is 298 g/mol. The Kier molecular flexibility index (Phi) is 5.01. The number of hydrogen-bond acceptors (Lipinski definition) is 4. The second kappa shape index (κ2) is 6.56. The quantitative estimate of drug-likeness (QED) is 0.771. The molecule has 0 spiro atoms. The van der Waals surface area contributed by atoms with Crippen LogP contribution in [0.3, 0.4) is 0 Å². The molecule has 0 amide bonds. The van der Waals surface area contributed by atoms with Gasteiger partial charge in [-0.1, -0.05) is 6.42 Å². The summed E-state index contributed by atoms with van der Waals surface area (Å²) in [6.07, 6.45) is 3.80. The fraction of sp³-hybridized carbons (Fsp3) is 0.571. The van der Waals surface area contributed by atoms with Gasteiger partial charge >= 0.3 is 0 Å². The summed E-state index contributed by atoms with van der Waals surface area (Å²) < 4.78 is 25.5. The molecule has 1 aliphatic carbocycles. The van der Waals surface area contributed by atoms with E-state index in [1.165, 1.54) is 7.05 Å². The van der Waals surface area contributed by atoms with Gasteiger partial charge in [0.25, 0.3) is 0 Å². The molecule has 1 aromatic rings. The smallest absolute Gasteiger partial charge is 0.240 e. The molecule has 0 aliphatic heterocycles. The highest BCUT2D eigenvalue weighted by Gasteiger charge is 2.19. The zero-order valence-corrected chi connectivity index (χ0v) is 12.5. The first-order chi connectivity index (χ1) is 9.51. The Morgan fingerprint density at radius 2 is 1.95 bits per heavy atom. The van der Waals surface area contributed by atoms with Crippen LogP contribution < -0.4 is 10.0 Å². The Hall–Kier alpha value is -1.11. The molecule has 0 radical (unpaired) electrons. The van der Waals surface area contributed by atoms with Gasteiger partial charge in [-0.25, -0.2) is 13.1 Å². The molecule has 1 aromatic carbocycles. The van der Waals surface area contributed by atoms with Crippen LogP contribution in [0.2, 0.25) is 0 Å². The summed E-state index contributed by atoms with van der Waals surface area (Å²) in [6, 6.07) is 6.71. The molecular weight excluding hydrogens is 276 g/mol. The van der Waals surface area contributed by atoms with Crippen molar-refractivity contribution in [3.05, 3.63) is 24.3 Å². The number of hydrogen-bond donors (Lipinski definition) is 3. The lowest BCUT2D eigenvalue weighted by molar-refractivity contribution is 0.105. The average Bonchev–Trinajstić information content (AvgIpc) is 2.46. The minimum Gasteiger partial charge on any atom is -0.393 e. The third-order valence-corrected chi connectivity index (χ3v) is 5.21. The van der Waals surface area contributed by atoms with E-state index in [0.717, 1.165) is 37.9 Å². The van der Waals surface area contributed by atoms with E-state index in [2.05, 4.69) is 10.0 Å². The molecule has 1 fully saturated rings. The van der Waals surface area contributed by atoms with Crippen LogP contribution in [0.25, 0.3) is 0 Å². The summed E-state index contributed by atoms with van der Waals surface area (Å²) >= 11 is 0. The highest BCUT2D eigenvalue weighted by molar-refractivity contribution is 7.89. The minimum absolute atomic E-state index is 0.168. The van der Waals surface area contributed by atoms with Crippen molar-refractivity contribution in [1.29, 1.82) is 0 Å². The number of benzene rings is 1. The molecule has 1 aliphatic rings. The predicted octanol–water partition coefficient (Wildman–Crippen LogP) is 1.56. The number of aliphatic hydroxyl groups is 1. The average molecular weight is 298 g/mol. The van der Waals surface area contributed by atoms with Gasteiger partial charge in [0, 0.05) is 12.2 Å². The van der Waals surface area contributed by atoms with Gasteiger partial charge in [0.05, 0.1) is 11.0 Å². The van der Waals surface area contributed by atoms with Crippen molar-refractivity contribution in [2.45, 2.75) is 36.7 Å². The first-order valence-corrected chi connectivity index (χ1v) is 8.45. The molecule has 0 heterocycles. The van der Waals surface area contributed by atoms with Crippen LogP contribution in [-0.2, 0) is 10.0 Å². The van der Waals surface area contributed by atoms with Crippen LogP contribution in [-0.4, -0.2) is 33.2 Å². The van der Waals surface area contributed by atoms with Gasteiger partial charge in [0.1, 0.15) is 0 Å². The van der Waals surface area contributed by atoms with Crippen LogP contribution in [0.4, 0.5) is 5.69 Å². The van der Waals surface area contributed by atoms with Crippen molar-refractivity contribution >= 4 is 15.7 Å². The summed E-state index contributed by atoms with van der Waals surface area (Å²) in [4.78, 5) is 0.263. The maximum atomic E-state index is 11.6. The standard InChI is InChI=1S/C14H22N2O3S/c1-15-20(18,19)14-7-5-12(6-8-14)16-10-11-3-2-4-13(17)9-11/h5-8,11,13,15-17H,2-4,9-10H2,1H3. The lowest BCUT2D eigenvalue weighted by Crippen LogP contribution is -2.25. The zero-order chi connectivity index (χ0) is 14.6. The lowest BCUT2D eigenvalue weighted by Gasteiger charge is -2.26. The van der Waals surface area contributed by atoms with E-state index < -0.39 is 10.0 Å². The van der Waals surface area contributed by atoms with E-state index in [9.17, 15) is 13.5 Å². The fourth-order valence-electron chi connectivity index (χ4n) is 2.58. The molecule has 3 N–H and O–H groups in total. The normalized spacial score (nSPS) is 23.5. The molecule has 112 valence electrons. The van der Waals surface area contributed by atoms with Gasteiger partial charge in [0.15, 0.2) is 0 Å². The van der Waals surface area contributed by atoms with E-state index in [0.29, 0.717) is 5.92 Å². The zero-order valence-electron chi connectivity index (χ0n) is 11.7. The second-order valence-corrected chi connectivity index (χ2v) is 7.19. The van der Waals surface area contributed by atoms with Gasteiger partial charge < -0.3 is 10.4 Å². The van der Waals surface area contributed by atoms with Gasteiger partial charge in [-0.05, 0) is 56.5 Å². The number of sulfonamides is 1. The highest BCUT2D eigenvalue weighted by Crippen LogP contribution is 2.24. The third kappa shape index (κ3) is 3.94. The molecule has 0 aromatic heterocycles. The molecule has 0 saturated heterocycles. The number of aliphatic hydroxyl groups excluding tert-OH is 1. The predicted molar refractivity (Wildman–Crippen MR) is 79.1 cm³/mol. The molecule has 2 unspecified atom stereocenters. The van der Waals surface area contributed by atoms with Crippen LogP contribution in [0, 0.1) is 5.92 Å². The summed E-state index contributed by atoms with van der Waals surface area (Å²) in [5.41, 5.74) is 0.903. The number of anilines is 1. The van der Waals surface area contributed by atoms with E-state index >= 15 is 0 Å². The minimum atomic E-state index is -3.37. The van der Waals surface area contributed by atoms with Crippen molar-refractivity contribution in [3.63, 3.8) is 0 Å². The van der Waals surface area contributed by atoms with Crippen LogP contribution in [0.1, 0.15) is 25.7 Å². The Bertz CT molecular complexity index is 528. The first kappa shape index (κ1) is 15.3. The van der Waals surface area contributed by atoms with Gasteiger partial charge in [-0.15, -0.1) is 0 Å². The Labute approximate surface area is 120 Å². The van der Waals surface area contributed by atoms with Crippen molar-refractivity contribution in [2.24, 2.45) is 5.92 Å². The lowest BCUT2D eigenvalue weighted by atomic mass is 9.87. The van der Waals surface area contributed by atoms with Gasteiger partial charge in [0.2, 0.25) is 10.0 Å². The van der Waals surface area contributed by atoms with E-state index in [1.54, 1.807) is 24.3 Å². The SMILES string of the molecule is CNS(=O)(=O)c1ccc(NCC2CCCC(O)C2)cc1. The number of rotatable bonds is 5. The largest absolute Gasteiger partial charge is 0.393 e. The van der Waals surface area contributed by atoms with Crippen LogP contribution in [0.5, 0.6) is 0 Å². The molecule has 0 bridgehead atoms. The maximum absolute atomic E-state index is 11.6. The van der Waals surface area contributed by atoms with E-state index in [1.807, 2.05) is 0 Å². The van der Waals surface area contributed by atoms with Gasteiger partial charge in [-0.2, -0.15) is 0 Å². The Balaban J connectivity index is 1.91. The molecule has 6 heteroatoms. The van der Waals surface area contributed by atoms with Crippen molar-refractivity contribution in [1.82, 2.24) is 4.72 Å². The molecule has 1 saturated carbocycles. The summed E-state index contributed by atoms with van der Waals surface area (Å²) in [5, 5.41) is 12.9. The van der Waals surface area contributed by atoms with Gasteiger partial charge in [-0.3, -0.25) is 0 Å². The molecule has 20 heavy (non-hydrogen) atoms. The van der Waals surface area contributed by atoms with Crippen molar-refractivity contribution in [2.75, 3.05) is 18.9 Å². The summed E-state index contributed by atoms with van der Waals surface area (Å²) in [7, 11) is -1.97. The van der Waals surface area contributed by atoms with E-state index in [4.69, 9.17) is 0 Å². The Morgan fingerprint density at radius 3 is 2.55 bits per heavy atom. The van der Waals surface area contributed by atoms with Crippen molar-refractivity contribution in [3.8, 4) is 0 Å². The first-order valence-electron chi connectivity index (χ1n) is 6.97. The molecule has 2 rings (SSSR count). The van der Waals surface area contributed by atoms with Crippen molar-refractivity contribution < 1.29 is 13.5 Å². The second-order valence-electron chi connectivity index (χ2n) is 5.30. The molecular formula is C14H22N2O3S. The van der Waals surface area contributed by atoms with E-state index in [-0.39, 0.29) is 11.0 Å². The summed E-state index contributed by atoms with van der Waals surface area (Å²) in [5.74, 6) is 0.486. The molecule has 2 atom stereocenters. The van der Waals surface area contributed by atoms with Crippen LogP contribution in [0.15, 0.2) is 29.2 Å². The highest BCUT2D eigenvalue weighted by atomic mass is 32.2.